The van der Waals surface area contributed by atoms with E-state index in [1.165, 1.54) is 6.07 Å². The number of benzene rings is 1. The average molecular weight is 299 g/mol. The molecule has 0 fully saturated rings. The highest BCUT2D eigenvalue weighted by Gasteiger charge is 2.05. The van der Waals surface area contributed by atoms with E-state index in [9.17, 15) is 8.78 Å². The van der Waals surface area contributed by atoms with E-state index in [0.29, 0.717) is 5.96 Å². The minimum atomic E-state index is -0.450. The number of methoxy groups -OCH3 is 1. The second kappa shape index (κ2) is 10.1. The fraction of sp³-hybridized carbons (Fsp3) is 0.533. The smallest absolute Gasteiger partial charge is 0.191 e. The van der Waals surface area contributed by atoms with Gasteiger partial charge in [0.1, 0.15) is 11.6 Å². The maximum atomic E-state index is 13.5. The summed E-state index contributed by atoms with van der Waals surface area (Å²) in [5.41, 5.74) is 0.276. The number of rotatable bonds is 8. The lowest BCUT2D eigenvalue weighted by Crippen LogP contribution is -2.37. The van der Waals surface area contributed by atoms with Gasteiger partial charge < -0.3 is 15.4 Å². The largest absolute Gasteiger partial charge is 0.385 e. The van der Waals surface area contributed by atoms with Crippen LogP contribution in [0.4, 0.5) is 8.78 Å². The maximum absolute atomic E-state index is 13.5. The van der Waals surface area contributed by atoms with E-state index < -0.39 is 11.6 Å². The number of aliphatic imine (C=N–C) groups is 1. The molecule has 118 valence electrons. The first-order valence-electron chi connectivity index (χ1n) is 7.04. The van der Waals surface area contributed by atoms with Crippen LogP contribution in [0.15, 0.2) is 23.2 Å². The standard InChI is InChI=1S/C15H23F2N3O/c1-18-15(19-8-4-3-5-9-21-2)20-11-12-10-13(16)6-7-14(12)17/h6-7,10H,3-5,8-9,11H2,1-2H3,(H2,18,19,20). The summed E-state index contributed by atoms with van der Waals surface area (Å²) in [4.78, 5) is 4.04. The molecule has 0 saturated heterocycles. The molecule has 0 aliphatic heterocycles. The average Bonchev–Trinajstić information content (AvgIpc) is 2.49. The molecule has 0 aromatic heterocycles. The number of guanidine groups is 1. The first-order valence-corrected chi connectivity index (χ1v) is 7.04. The summed E-state index contributed by atoms with van der Waals surface area (Å²) in [5.74, 6) is -0.307. The van der Waals surface area contributed by atoms with Gasteiger partial charge in [0, 0.05) is 39.4 Å². The normalized spacial score (nSPS) is 11.5. The third-order valence-corrected chi connectivity index (χ3v) is 3.00. The third kappa shape index (κ3) is 7.04. The van der Waals surface area contributed by atoms with Gasteiger partial charge in [-0.2, -0.15) is 0 Å². The molecular formula is C15H23F2N3O. The number of unbranched alkanes of at least 4 members (excludes halogenated alkanes) is 2. The Kier molecular flexibility index (Phi) is 8.35. The van der Waals surface area contributed by atoms with E-state index in [1.54, 1.807) is 14.2 Å². The van der Waals surface area contributed by atoms with Crippen LogP contribution in [-0.4, -0.2) is 33.3 Å². The Labute approximate surface area is 124 Å². The number of hydrogen-bond acceptors (Lipinski definition) is 2. The quantitative estimate of drug-likeness (QED) is 0.440. The number of hydrogen-bond donors (Lipinski definition) is 2. The van der Waals surface area contributed by atoms with Gasteiger partial charge in [-0.05, 0) is 37.5 Å². The molecular weight excluding hydrogens is 276 g/mol. The predicted molar refractivity (Wildman–Crippen MR) is 80.3 cm³/mol. The summed E-state index contributed by atoms with van der Waals surface area (Å²) in [6.07, 6.45) is 3.09. The highest BCUT2D eigenvalue weighted by Crippen LogP contribution is 2.09. The molecule has 0 aliphatic rings. The van der Waals surface area contributed by atoms with E-state index in [2.05, 4.69) is 15.6 Å². The molecule has 21 heavy (non-hydrogen) atoms. The Morgan fingerprint density at radius 3 is 2.71 bits per heavy atom. The van der Waals surface area contributed by atoms with Crippen molar-refractivity contribution in [1.82, 2.24) is 10.6 Å². The summed E-state index contributed by atoms with van der Waals surface area (Å²) in [6.45, 7) is 1.73. The fourth-order valence-electron chi connectivity index (χ4n) is 1.83. The Hall–Kier alpha value is -1.69. The highest BCUT2D eigenvalue weighted by atomic mass is 19.1. The molecule has 1 aromatic carbocycles. The minimum absolute atomic E-state index is 0.187. The molecule has 0 spiro atoms. The highest BCUT2D eigenvalue weighted by molar-refractivity contribution is 5.79. The fourth-order valence-corrected chi connectivity index (χ4v) is 1.83. The van der Waals surface area contributed by atoms with Gasteiger partial charge in [-0.25, -0.2) is 8.78 Å². The van der Waals surface area contributed by atoms with Crippen molar-refractivity contribution < 1.29 is 13.5 Å². The molecule has 2 N–H and O–H groups in total. The van der Waals surface area contributed by atoms with Gasteiger partial charge in [0.25, 0.3) is 0 Å². The van der Waals surface area contributed by atoms with E-state index >= 15 is 0 Å². The molecule has 0 radical (unpaired) electrons. The topological polar surface area (TPSA) is 45.7 Å². The molecule has 6 heteroatoms. The van der Waals surface area contributed by atoms with Crippen molar-refractivity contribution >= 4 is 5.96 Å². The summed E-state index contributed by atoms with van der Waals surface area (Å²) in [6, 6.07) is 3.41. The van der Waals surface area contributed by atoms with Crippen molar-refractivity contribution in [3.63, 3.8) is 0 Å². The molecule has 0 saturated carbocycles. The van der Waals surface area contributed by atoms with Crippen LogP contribution in [0.25, 0.3) is 0 Å². The van der Waals surface area contributed by atoms with Crippen molar-refractivity contribution in [2.24, 2.45) is 4.99 Å². The number of halogens is 2. The van der Waals surface area contributed by atoms with E-state index in [0.717, 1.165) is 44.5 Å². The summed E-state index contributed by atoms with van der Waals surface area (Å²) in [7, 11) is 3.33. The maximum Gasteiger partial charge on any atom is 0.191 e. The molecule has 1 aromatic rings. The van der Waals surface area contributed by atoms with Crippen molar-refractivity contribution in [3.05, 3.63) is 35.4 Å². The third-order valence-electron chi connectivity index (χ3n) is 3.00. The predicted octanol–water partition coefficient (Wildman–Crippen LogP) is 2.45. The van der Waals surface area contributed by atoms with Crippen molar-refractivity contribution in [3.8, 4) is 0 Å². The van der Waals surface area contributed by atoms with E-state index in [4.69, 9.17) is 4.74 Å². The first-order chi connectivity index (χ1) is 10.2. The molecule has 0 aliphatic carbocycles. The Morgan fingerprint density at radius 1 is 1.19 bits per heavy atom. The lowest BCUT2D eigenvalue weighted by molar-refractivity contribution is 0.192. The summed E-state index contributed by atoms with van der Waals surface area (Å²) in [5, 5.41) is 6.10. The summed E-state index contributed by atoms with van der Waals surface area (Å²) < 4.78 is 31.5. The first kappa shape index (κ1) is 17.4. The van der Waals surface area contributed by atoms with E-state index in [-0.39, 0.29) is 12.1 Å². The van der Waals surface area contributed by atoms with Crippen molar-refractivity contribution in [2.75, 3.05) is 27.3 Å². The number of ether oxygens (including phenoxy) is 1. The SMILES string of the molecule is CN=C(NCCCCCOC)NCc1cc(F)ccc1F. The van der Waals surface area contributed by atoms with Gasteiger partial charge in [-0.1, -0.05) is 0 Å². The molecule has 0 bridgehead atoms. The Balaban J connectivity index is 2.30. The van der Waals surface area contributed by atoms with Gasteiger partial charge in [-0.3, -0.25) is 4.99 Å². The number of nitrogens with zero attached hydrogens (tertiary/aromatic N) is 1. The molecule has 4 nitrogen and oxygen atoms in total. The number of nitrogens with one attached hydrogen (secondary N) is 2. The van der Waals surface area contributed by atoms with Crippen LogP contribution in [0.3, 0.4) is 0 Å². The van der Waals surface area contributed by atoms with Crippen molar-refractivity contribution in [1.29, 1.82) is 0 Å². The lowest BCUT2D eigenvalue weighted by atomic mass is 10.2. The molecule has 0 atom stereocenters. The molecule has 0 heterocycles. The van der Waals surface area contributed by atoms with Gasteiger partial charge >= 0.3 is 0 Å². The zero-order valence-electron chi connectivity index (χ0n) is 12.6. The van der Waals surface area contributed by atoms with Gasteiger partial charge in [0.05, 0.1) is 0 Å². The molecule has 1 rings (SSSR count). The second-order valence-electron chi connectivity index (χ2n) is 4.64. The van der Waals surface area contributed by atoms with Gasteiger partial charge in [0.2, 0.25) is 0 Å². The van der Waals surface area contributed by atoms with Crippen LogP contribution < -0.4 is 10.6 Å². The minimum Gasteiger partial charge on any atom is -0.385 e. The monoisotopic (exact) mass is 299 g/mol. The summed E-state index contributed by atoms with van der Waals surface area (Å²) >= 11 is 0. The van der Waals surface area contributed by atoms with Crippen molar-refractivity contribution in [2.45, 2.75) is 25.8 Å². The van der Waals surface area contributed by atoms with Crippen LogP contribution in [0.2, 0.25) is 0 Å². The Morgan fingerprint density at radius 2 is 2.00 bits per heavy atom. The Bertz CT molecular complexity index is 453. The zero-order valence-corrected chi connectivity index (χ0v) is 12.6. The zero-order chi connectivity index (χ0) is 15.5. The van der Waals surface area contributed by atoms with Gasteiger partial charge in [-0.15, -0.1) is 0 Å². The molecule has 0 unspecified atom stereocenters. The van der Waals surface area contributed by atoms with Crippen LogP contribution >= 0.6 is 0 Å². The van der Waals surface area contributed by atoms with Crippen LogP contribution in [0.1, 0.15) is 24.8 Å². The molecule has 0 amide bonds. The van der Waals surface area contributed by atoms with Gasteiger partial charge in [0.15, 0.2) is 5.96 Å². The van der Waals surface area contributed by atoms with Crippen LogP contribution in [0.5, 0.6) is 0 Å². The van der Waals surface area contributed by atoms with E-state index in [1.807, 2.05) is 0 Å². The van der Waals surface area contributed by atoms with Crippen LogP contribution in [0, 0.1) is 11.6 Å². The second-order valence-corrected chi connectivity index (χ2v) is 4.64. The lowest BCUT2D eigenvalue weighted by Gasteiger charge is -2.12. The van der Waals surface area contributed by atoms with Crippen LogP contribution in [-0.2, 0) is 11.3 Å².